The zero-order chi connectivity index (χ0) is 10.1. The van der Waals surface area contributed by atoms with E-state index in [1.807, 2.05) is 12.1 Å². The van der Waals surface area contributed by atoms with Crippen molar-refractivity contribution in [1.29, 1.82) is 0 Å². The number of ether oxygens (including phenoxy) is 2. The van der Waals surface area contributed by atoms with Gasteiger partial charge < -0.3 is 9.47 Å². The highest BCUT2D eigenvalue weighted by atomic mass is 35.5. The Kier molecular flexibility index (Phi) is 2.55. The Bertz CT molecular complexity index is 345. The lowest BCUT2D eigenvalue weighted by Gasteiger charge is -2.11. The monoisotopic (exact) mass is 212 g/mol. The summed E-state index contributed by atoms with van der Waals surface area (Å²) in [6.45, 7) is 0. The minimum absolute atomic E-state index is 0.624. The van der Waals surface area contributed by atoms with E-state index in [4.69, 9.17) is 21.1 Å². The Morgan fingerprint density at radius 1 is 1.21 bits per heavy atom. The van der Waals surface area contributed by atoms with Gasteiger partial charge in [0.1, 0.15) is 0 Å². The molecule has 0 spiro atoms. The van der Waals surface area contributed by atoms with Crippen LogP contribution in [0.4, 0.5) is 0 Å². The predicted octanol–water partition coefficient (Wildman–Crippen LogP) is 3.23. The molecule has 0 bridgehead atoms. The first-order valence-corrected chi connectivity index (χ1v) is 5.05. The van der Waals surface area contributed by atoms with Gasteiger partial charge in [-0.25, -0.2) is 0 Å². The second-order valence-corrected chi connectivity index (χ2v) is 3.92. The third-order valence-corrected chi connectivity index (χ3v) is 2.79. The Labute approximate surface area is 88.8 Å². The van der Waals surface area contributed by atoms with Crippen molar-refractivity contribution in [3.8, 4) is 11.5 Å². The van der Waals surface area contributed by atoms with Crippen LogP contribution >= 0.6 is 11.6 Å². The van der Waals surface area contributed by atoms with Crippen LogP contribution in [0.2, 0.25) is 5.02 Å². The Morgan fingerprint density at radius 2 is 1.93 bits per heavy atom. The van der Waals surface area contributed by atoms with Gasteiger partial charge in [0, 0.05) is 0 Å². The molecule has 0 radical (unpaired) electrons. The molecule has 1 fully saturated rings. The first-order chi connectivity index (χ1) is 6.76. The minimum atomic E-state index is 0.624. The van der Waals surface area contributed by atoms with Gasteiger partial charge in [0.05, 0.1) is 19.2 Å². The summed E-state index contributed by atoms with van der Waals surface area (Å²) in [5.41, 5.74) is 1.26. The molecule has 1 saturated carbocycles. The zero-order valence-electron chi connectivity index (χ0n) is 8.34. The first kappa shape index (κ1) is 9.66. The highest BCUT2D eigenvalue weighted by Gasteiger charge is 2.25. The maximum absolute atomic E-state index is 6.08. The molecule has 1 aliphatic rings. The fourth-order valence-electron chi connectivity index (χ4n) is 1.59. The second-order valence-electron chi connectivity index (χ2n) is 3.51. The lowest BCUT2D eigenvalue weighted by Crippen LogP contribution is -1.93. The molecule has 0 atom stereocenters. The van der Waals surface area contributed by atoms with Crippen LogP contribution in [-0.2, 0) is 0 Å². The predicted molar refractivity (Wildman–Crippen MR) is 56.5 cm³/mol. The van der Waals surface area contributed by atoms with E-state index < -0.39 is 0 Å². The molecule has 0 aromatic heterocycles. The molecule has 76 valence electrons. The van der Waals surface area contributed by atoms with E-state index in [0.717, 1.165) is 5.75 Å². The lowest BCUT2D eigenvalue weighted by atomic mass is 10.1. The molecule has 2 nitrogen and oxygen atoms in total. The summed E-state index contributed by atoms with van der Waals surface area (Å²) in [5.74, 6) is 2.02. The Morgan fingerprint density at radius 3 is 2.43 bits per heavy atom. The maximum Gasteiger partial charge on any atom is 0.179 e. The fourth-order valence-corrected chi connectivity index (χ4v) is 1.89. The van der Waals surface area contributed by atoms with Gasteiger partial charge in [0.15, 0.2) is 11.5 Å². The molecule has 0 aliphatic heterocycles. The summed E-state index contributed by atoms with van der Waals surface area (Å²) in [5, 5.41) is 0.633. The molecule has 1 aliphatic carbocycles. The van der Waals surface area contributed by atoms with Crippen molar-refractivity contribution >= 4 is 11.6 Å². The molecule has 3 heteroatoms. The number of halogens is 1. The van der Waals surface area contributed by atoms with Crippen LogP contribution in [-0.4, -0.2) is 14.2 Å². The maximum atomic E-state index is 6.08. The molecule has 1 aromatic rings. The van der Waals surface area contributed by atoms with Crippen LogP contribution in [0.5, 0.6) is 11.5 Å². The van der Waals surface area contributed by atoms with Gasteiger partial charge in [-0.15, -0.1) is 0 Å². The van der Waals surface area contributed by atoms with E-state index in [1.165, 1.54) is 18.4 Å². The first-order valence-electron chi connectivity index (χ1n) is 4.67. The molecule has 2 rings (SSSR count). The number of hydrogen-bond donors (Lipinski definition) is 0. The Hall–Kier alpha value is -0.890. The van der Waals surface area contributed by atoms with Crippen molar-refractivity contribution in [3.63, 3.8) is 0 Å². The molecule has 0 saturated heterocycles. The van der Waals surface area contributed by atoms with Gasteiger partial charge in [-0.05, 0) is 36.5 Å². The third kappa shape index (κ3) is 1.67. The fraction of sp³-hybridized carbons (Fsp3) is 0.455. The zero-order valence-corrected chi connectivity index (χ0v) is 9.10. The van der Waals surface area contributed by atoms with Crippen LogP contribution in [0.3, 0.4) is 0 Å². The summed E-state index contributed by atoms with van der Waals surface area (Å²) in [7, 11) is 3.23. The van der Waals surface area contributed by atoms with Crippen molar-refractivity contribution in [1.82, 2.24) is 0 Å². The summed E-state index contributed by atoms with van der Waals surface area (Å²) < 4.78 is 10.4. The van der Waals surface area contributed by atoms with Gasteiger partial charge in [0.25, 0.3) is 0 Å². The van der Waals surface area contributed by atoms with Crippen molar-refractivity contribution in [2.45, 2.75) is 18.8 Å². The van der Waals surface area contributed by atoms with E-state index in [1.54, 1.807) is 14.2 Å². The molecular formula is C11H13ClO2. The van der Waals surface area contributed by atoms with Gasteiger partial charge in [0.2, 0.25) is 0 Å². The SMILES string of the molecule is COc1cc(C2CC2)cc(Cl)c1OC. The van der Waals surface area contributed by atoms with Crippen molar-refractivity contribution in [2.75, 3.05) is 14.2 Å². The van der Waals surface area contributed by atoms with E-state index in [2.05, 4.69) is 0 Å². The van der Waals surface area contributed by atoms with Gasteiger partial charge in [-0.3, -0.25) is 0 Å². The Balaban J connectivity index is 2.43. The topological polar surface area (TPSA) is 18.5 Å². The number of hydrogen-bond acceptors (Lipinski definition) is 2. The summed E-state index contributed by atoms with van der Waals surface area (Å²) in [6, 6.07) is 3.99. The molecule has 0 heterocycles. The van der Waals surface area contributed by atoms with Gasteiger partial charge in [-0.1, -0.05) is 11.6 Å². The van der Waals surface area contributed by atoms with Gasteiger partial charge in [-0.2, -0.15) is 0 Å². The molecule has 0 amide bonds. The smallest absolute Gasteiger partial charge is 0.179 e. The van der Waals surface area contributed by atoms with Crippen molar-refractivity contribution < 1.29 is 9.47 Å². The normalized spacial score (nSPS) is 15.4. The number of rotatable bonds is 3. The van der Waals surface area contributed by atoms with E-state index in [0.29, 0.717) is 16.7 Å². The van der Waals surface area contributed by atoms with E-state index >= 15 is 0 Å². The summed E-state index contributed by atoms with van der Waals surface area (Å²) in [4.78, 5) is 0. The average molecular weight is 213 g/mol. The average Bonchev–Trinajstić information content (AvgIpc) is 2.99. The summed E-state index contributed by atoms with van der Waals surface area (Å²) in [6.07, 6.45) is 2.51. The second kappa shape index (κ2) is 3.70. The van der Waals surface area contributed by atoms with E-state index in [-0.39, 0.29) is 0 Å². The quantitative estimate of drug-likeness (QED) is 0.766. The highest BCUT2D eigenvalue weighted by Crippen LogP contribution is 2.45. The van der Waals surface area contributed by atoms with Crippen LogP contribution in [0.15, 0.2) is 12.1 Å². The molecule has 0 N–H and O–H groups in total. The standard InChI is InChI=1S/C11H13ClO2/c1-13-10-6-8(7-3-4-7)5-9(12)11(10)14-2/h5-7H,3-4H2,1-2H3. The van der Waals surface area contributed by atoms with Crippen LogP contribution in [0, 0.1) is 0 Å². The third-order valence-electron chi connectivity index (χ3n) is 2.50. The molecule has 14 heavy (non-hydrogen) atoms. The van der Waals surface area contributed by atoms with Crippen molar-refractivity contribution in [2.24, 2.45) is 0 Å². The number of benzene rings is 1. The minimum Gasteiger partial charge on any atom is -0.493 e. The summed E-state index contributed by atoms with van der Waals surface area (Å²) >= 11 is 6.08. The van der Waals surface area contributed by atoms with Crippen LogP contribution in [0.1, 0.15) is 24.3 Å². The largest absolute Gasteiger partial charge is 0.493 e. The molecular weight excluding hydrogens is 200 g/mol. The van der Waals surface area contributed by atoms with Crippen LogP contribution in [0.25, 0.3) is 0 Å². The van der Waals surface area contributed by atoms with Crippen molar-refractivity contribution in [3.05, 3.63) is 22.7 Å². The van der Waals surface area contributed by atoms with E-state index in [9.17, 15) is 0 Å². The highest BCUT2D eigenvalue weighted by molar-refractivity contribution is 6.32. The molecule has 0 unspecified atom stereocenters. The number of methoxy groups -OCH3 is 2. The van der Waals surface area contributed by atoms with Crippen LogP contribution < -0.4 is 9.47 Å². The molecule has 1 aromatic carbocycles. The van der Waals surface area contributed by atoms with Gasteiger partial charge >= 0.3 is 0 Å². The lowest BCUT2D eigenvalue weighted by molar-refractivity contribution is 0.354.